The molecule has 116 valence electrons. The number of carbonyl (C=O) groups is 1. The molecule has 0 aliphatic heterocycles. The number of ether oxygens (including phenoxy) is 2. The molecule has 0 aliphatic carbocycles. The number of nitrogens with two attached hydrogens (primary N) is 1. The lowest BCUT2D eigenvalue weighted by atomic mass is 10.1. The van der Waals surface area contributed by atoms with Gasteiger partial charge in [-0.25, -0.2) is 0 Å². The van der Waals surface area contributed by atoms with Gasteiger partial charge in [-0.3, -0.25) is 4.79 Å². The van der Waals surface area contributed by atoms with Crippen molar-refractivity contribution >= 4 is 11.6 Å². The molecule has 2 rings (SSSR count). The predicted molar refractivity (Wildman–Crippen MR) is 86.5 cm³/mol. The number of anilines is 1. The number of hydrogen-bond acceptors (Lipinski definition) is 4. The second-order valence-electron chi connectivity index (χ2n) is 4.97. The van der Waals surface area contributed by atoms with Crippen molar-refractivity contribution in [2.24, 2.45) is 5.73 Å². The first-order valence-corrected chi connectivity index (χ1v) is 6.93. The molecule has 0 heterocycles. The Morgan fingerprint density at radius 1 is 1.09 bits per heavy atom. The first kappa shape index (κ1) is 15.9. The van der Waals surface area contributed by atoms with Gasteiger partial charge in [0, 0.05) is 23.4 Å². The average molecular weight is 300 g/mol. The van der Waals surface area contributed by atoms with Crippen molar-refractivity contribution in [3.8, 4) is 11.5 Å². The van der Waals surface area contributed by atoms with E-state index in [9.17, 15) is 4.79 Å². The highest BCUT2D eigenvalue weighted by molar-refractivity contribution is 6.04. The fourth-order valence-corrected chi connectivity index (χ4v) is 2.04. The zero-order chi connectivity index (χ0) is 16.1. The molecular weight excluding hydrogens is 280 g/mol. The van der Waals surface area contributed by atoms with Crippen LogP contribution in [0.25, 0.3) is 0 Å². The molecule has 0 spiro atoms. The minimum Gasteiger partial charge on any atom is -0.497 e. The highest BCUT2D eigenvalue weighted by Gasteiger charge is 2.11. The van der Waals surface area contributed by atoms with Gasteiger partial charge in [0.05, 0.1) is 14.2 Å². The molecule has 0 bridgehead atoms. The summed E-state index contributed by atoms with van der Waals surface area (Å²) in [5.74, 6) is 0.890. The summed E-state index contributed by atoms with van der Waals surface area (Å²) in [6.07, 6.45) is 0. The SMILES string of the molecule is COc1cc(OC)cc(C(=O)Nc2cccc(C(C)N)c2)c1. The highest BCUT2D eigenvalue weighted by atomic mass is 16.5. The third-order valence-corrected chi connectivity index (χ3v) is 3.28. The van der Waals surface area contributed by atoms with Crippen LogP contribution in [-0.4, -0.2) is 20.1 Å². The maximum Gasteiger partial charge on any atom is 0.255 e. The molecular formula is C17H20N2O3. The summed E-state index contributed by atoms with van der Waals surface area (Å²) >= 11 is 0. The molecule has 5 heteroatoms. The van der Waals surface area contributed by atoms with Gasteiger partial charge in [0.2, 0.25) is 0 Å². The number of amides is 1. The van der Waals surface area contributed by atoms with Gasteiger partial charge in [0.15, 0.2) is 0 Å². The lowest BCUT2D eigenvalue weighted by molar-refractivity contribution is 0.102. The number of rotatable bonds is 5. The second kappa shape index (κ2) is 6.95. The number of methoxy groups -OCH3 is 2. The maximum absolute atomic E-state index is 12.4. The molecule has 5 nitrogen and oxygen atoms in total. The van der Waals surface area contributed by atoms with Crippen LogP contribution in [0.3, 0.4) is 0 Å². The van der Waals surface area contributed by atoms with E-state index in [1.807, 2.05) is 31.2 Å². The third-order valence-electron chi connectivity index (χ3n) is 3.28. The van der Waals surface area contributed by atoms with Crippen LogP contribution in [0.4, 0.5) is 5.69 Å². The lowest BCUT2D eigenvalue weighted by Gasteiger charge is -2.11. The predicted octanol–water partition coefficient (Wildman–Crippen LogP) is 2.98. The van der Waals surface area contributed by atoms with E-state index in [1.54, 1.807) is 32.4 Å². The van der Waals surface area contributed by atoms with Crippen LogP contribution in [0.15, 0.2) is 42.5 Å². The van der Waals surface area contributed by atoms with Gasteiger partial charge in [-0.15, -0.1) is 0 Å². The summed E-state index contributed by atoms with van der Waals surface area (Å²) in [4.78, 5) is 12.4. The molecule has 1 atom stereocenters. The number of hydrogen-bond donors (Lipinski definition) is 2. The average Bonchev–Trinajstić information content (AvgIpc) is 2.54. The van der Waals surface area contributed by atoms with E-state index in [1.165, 1.54) is 0 Å². The summed E-state index contributed by atoms with van der Waals surface area (Å²) in [6, 6.07) is 12.4. The molecule has 0 aromatic heterocycles. The summed E-state index contributed by atoms with van der Waals surface area (Å²) in [6.45, 7) is 1.90. The minimum absolute atomic E-state index is 0.0891. The van der Waals surface area contributed by atoms with Crippen molar-refractivity contribution in [1.82, 2.24) is 0 Å². The summed E-state index contributed by atoms with van der Waals surface area (Å²) in [5.41, 5.74) is 7.97. The smallest absolute Gasteiger partial charge is 0.255 e. The largest absolute Gasteiger partial charge is 0.497 e. The van der Waals surface area contributed by atoms with E-state index < -0.39 is 0 Å². The first-order valence-electron chi connectivity index (χ1n) is 6.93. The Labute approximate surface area is 130 Å². The molecule has 1 unspecified atom stereocenters. The first-order chi connectivity index (χ1) is 10.5. The molecule has 0 radical (unpaired) electrons. The quantitative estimate of drug-likeness (QED) is 0.890. The number of carbonyl (C=O) groups excluding carboxylic acids is 1. The summed E-state index contributed by atoms with van der Waals surface area (Å²) in [5, 5.41) is 2.85. The maximum atomic E-state index is 12.4. The second-order valence-corrected chi connectivity index (χ2v) is 4.97. The van der Waals surface area contributed by atoms with Crippen LogP contribution in [0.2, 0.25) is 0 Å². The Morgan fingerprint density at radius 2 is 1.73 bits per heavy atom. The number of nitrogens with one attached hydrogen (secondary N) is 1. The zero-order valence-corrected chi connectivity index (χ0v) is 12.9. The third kappa shape index (κ3) is 3.77. The van der Waals surface area contributed by atoms with Gasteiger partial charge in [-0.1, -0.05) is 12.1 Å². The van der Waals surface area contributed by atoms with Crippen molar-refractivity contribution in [3.63, 3.8) is 0 Å². The normalized spacial score (nSPS) is 11.6. The Hall–Kier alpha value is -2.53. The monoisotopic (exact) mass is 300 g/mol. The molecule has 3 N–H and O–H groups in total. The standard InChI is InChI=1S/C17H20N2O3/c1-11(18)12-5-4-6-14(7-12)19-17(20)13-8-15(21-2)10-16(9-13)22-3/h4-11H,18H2,1-3H3,(H,19,20). The Kier molecular flexibility index (Phi) is 5.01. The van der Waals surface area contributed by atoms with E-state index in [0.717, 1.165) is 5.56 Å². The molecule has 0 saturated carbocycles. The van der Waals surface area contributed by atoms with Gasteiger partial charge in [0.25, 0.3) is 5.91 Å². The molecule has 2 aromatic carbocycles. The molecule has 0 fully saturated rings. The molecule has 2 aromatic rings. The molecule has 0 aliphatic rings. The van der Waals surface area contributed by atoms with Crippen LogP contribution in [0.5, 0.6) is 11.5 Å². The van der Waals surface area contributed by atoms with Gasteiger partial charge in [0.1, 0.15) is 11.5 Å². The molecule has 22 heavy (non-hydrogen) atoms. The molecule has 1 amide bonds. The Balaban J connectivity index is 2.23. The zero-order valence-electron chi connectivity index (χ0n) is 12.9. The number of benzene rings is 2. The fraction of sp³-hybridized carbons (Fsp3) is 0.235. The lowest BCUT2D eigenvalue weighted by Crippen LogP contribution is -2.13. The van der Waals surface area contributed by atoms with Crippen LogP contribution < -0.4 is 20.5 Å². The van der Waals surface area contributed by atoms with Gasteiger partial charge >= 0.3 is 0 Å². The van der Waals surface area contributed by atoms with E-state index >= 15 is 0 Å². The van der Waals surface area contributed by atoms with E-state index in [0.29, 0.717) is 22.7 Å². The van der Waals surface area contributed by atoms with Crippen molar-refractivity contribution in [3.05, 3.63) is 53.6 Å². The van der Waals surface area contributed by atoms with Crippen molar-refractivity contribution in [1.29, 1.82) is 0 Å². The van der Waals surface area contributed by atoms with E-state index in [-0.39, 0.29) is 11.9 Å². The molecule has 0 saturated heterocycles. The summed E-state index contributed by atoms with van der Waals surface area (Å²) < 4.78 is 10.3. The minimum atomic E-state index is -0.237. The summed E-state index contributed by atoms with van der Waals surface area (Å²) in [7, 11) is 3.09. The van der Waals surface area contributed by atoms with Crippen molar-refractivity contribution in [2.75, 3.05) is 19.5 Å². The van der Waals surface area contributed by atoms with Gasteiger partial charge < -0.3 is 20.5 Å². The van der Waals surface area contributed by atoms with Crippen LogP contribution in [0.1, 0.15) is 28.9 Å². The highest BCUT2D eigenvalue weighted by Crippen LogP contribution is 2.23. The fourth-order valence-electron chi connectivity index (χ4n) is 2.04. The van der Waals surface area contributed by atoms with E-state index in [4.69, 9.17) is 15.2 Å². The Bertz CT molecular complexity index is 646. The van der Waals surface area contributed by atoms with Gasteiger partial charge in [-0.2, -0.15) is 0 Å². The van der Waals surface area contributed by atoms with Gasteiger partial charge in [-0.05, 0) is 36.8 Å². The van der Waals surface area contributed by atoms with Crippen LogP contribution in [0, 0.1) is 0 Å². The van der Waals surface area contributed by atoms with Crippen molar-refractivity contribution < 1.29 is 14.3 Å². The topological polar surface area (TPSA) is 73.6 Å². The van der Waals surface area contributed by atoms with Crippen molar-refractivity contribution in [2.45, 2.75) is 13.0 Å². The Morgan fingerprint density at radius 3 is 2.27 bits per heavy atom. The van der Waals surface area contributed by atoms with E-state index in [2.05, 4.69) is 5.32 Å². The van der Waals surface area contributed by atoms with Crippen LogP contribution >= 0.6 is 0 Å². The van der Waals surface area contributed by atoms with Crippen LogP contribution in [-0.2, 0) is 0 Å².